The number of halogens is 1. The van der Waals surface area contributed by atoms with E-state index in [1.807, 2.05) is 24.6 Å². The number of aromatic amines is 1. The zero-order chi connectivity index (χ0) is 12.3. The molecule has 2 N–H and O–H groups in total. The van der Waals surface area contributed by atoms with Crippen molar-refractivity contribution in [2.45, 2.75) is 0 Å². The van der Waals surface area contributed by atoms with Gasteiger partial charge in [0.25, 0.3) is 0 Å². The van der Waals surface area contributed by atoms with Gasteiger partial charge in [-0.05, 0) is 18.4 Å². The Kier molecular flexibility index (Phi) is 3.66. The summed E-state index contributed by atoms with van der Waals surface area (Å²) in [7, 11) is 0. The van der Waals surface area contributed by atoms with Crippen LogP contribution in [-0.4, -0.2) is 21.6 Å². The Bertz CT molecular complexity index is 613. The van der Waals surface area contributed by atoms with Gasteiger partial charge in [0.05, 0.1) is 17.4 Å². The second kappa shape index (κ2) is 5.21. The predicted octanol–water partition coefficient (Wildman–Crippen LogP) is 2.75. The number of hydrogen-bond acceptors (Lipinski definition) is 4. The van der Waals surface area contributed by atoms with E-state index in [1.54, 1.807) is 6.20 Å². The van der Waals surface area contributed by atoms with E-state index in [2.05, 4.69) is 36.4 Å². The number of rotatable bonds is 1. The van der Waals surface area contributed by atoms with Crippen LogP contribution in [0.5, 0.6) is 0 Å². The van der Waals surface area contributed by atoms with Crippen molar-refractivity contribution < 1.29 is 0 Å². The molecule has 0 saturated heterocycles. The van der Waals surface area contributed by atoms with Gasteiger partial charge >= 0.3 is 0 Å². The first-order chi connectivity index (χ1) is 8.26. The zero-order valence-electron chi connectivity index (χ0n) is 8.86. The smallest absolute Gasteiger partial charge is 0.183 e. The second-order valence-electron chi connectivity index (χ2n) is 3.08. The van der Waals surface area contributed by atoms with E-state index in [4.69, 9.17) is 5.26 Å². The third-order valence-electron chi connectivity index (χ3n) is 2.12. The van der Waals surface area contributed by atoms with Crippen molar-refractivity contribution in [2.75, 3.05) is 6.26 Å². The number of H-pyrrole nitrogens is 1. The summed E-state index contributed by atoms with van der Waals surface area (Å²) >= 11 is 4.82. The Hall–Kier alpha value is -1.52. The average molecular weight is 310 g/mol. The fraction of sp³-hybridized carbons (Fsp3) is 0.100. The van der Waals surface area contributed by atoms with E-state index in [0.717, 1.165) is 21.1 Å². The number of hydrogen-bond donors (Lipinski definition) is 2. The highest BCUT2D eigenvalue weighted by molar-refractivity contribution is 9.10. The second-order valence-corrected chi connectivity index (χ2v) is 4.73. The summed E-state index contributed by atoms with van der Waals surface area (Å²) in [5, 5.41) is 19.5. The number of nitrogens with zero attached hydrogens (tertiary/aromatic N) is 3. The maximum Gasteiger partial charge on any atom is 0.183 e. The van der Waals surface area contributed by atoms with Gasteiger partial charge < -0.3 is 0 Å². The SMILES string of the molecule is CSC(=Nc1ccc(Br)c2cn[nH]c12)NC#N. The van der Waals surface area contributed by atoms with Crippen LogP contribution >= 0.6 is 27.7 Å². The zero-order valence-corrected chi connectivity index (χ0v) is 11.3. The lowest BCUT2D eigenvalue weighted by molar-refractivity contribution is 1.12. The van der Waals surface area contributed by atoms with Crippen molar-refractivity contribution >= 4 is 49.4 Å². The summed E-state index contributed by atoms with van der Waals surface area (Å²) in [6.07, 6.45) is 5.44. The number of aliphatic imine (C=N–C) groups is 1. The minimum absolute atomic E-state index is 0.547. The van der Waals surface area contributed by atoms with E-state index in [9.17, 15) is 0 Å². The molecule has 2 rings (SSSR count). The molecule has 0 amide bonds. The van der Waals surface area contributed by atoms with Gasteiger partial charge in [0.1, 0.15) is 0 Å². The lowest BCUT2D eigenvalue weighted by Crippen LogP contribution is -2.12. The molecule has 1 aromatic heterocycles. The first kappa shape index (κ1) is 12.0. The number of fused-ring (bicyclic) bond motifs is 1. The minimum atomic E-state index is 0.547. The Balaban J connectivity index is 2.53. The molecule has 17 heavy (non-hydrogen) atoms. The Morgan fingerprint density at radius 3 is 3.18 bits per heavy atom. The Morgan fingerprint density at radius 2 is 2.47 bits per heavy atom. The number of benzene rings is 1. The van der Waals surface area contributed by atoms with Gasteiger partial charge in [-0.15, -0.1) is 0 Å². The van der Waals surface area contributed by atoms with Gasteiger partial charge in [-0.2, -0.15) is 10.4 Å². The van der Waals surface area contributed by atoms with E-state index in [0.29, 0.717) is 5.17 Å². The first-order valence-corrected chi connectivity index (χ1v) is 6.67. The molecule has 1 aromatic carbocycles. The summed E-state index contributed by atoms with van der Waals surface area (Å²) in [5.41, 5.74) is 1.58. The molecule has 0 aliphatic rings. The van der Waals surface area contributed by atoms with Crippen LogP contribution in [0, 0.1) is 11.5 Å². The van der Waals surface area contributed by atoms with Crippen LogP contribution < -0.4 is 5.32 Å². The van der Waals surface area contributed by atoms with Crippen molar-refractivity contribution in [1.29, 1.82) is 5.26 Å². The first-order valence-electron chi connectivity index (χ1n) is 4.65. The quantitative estimate of drug-likeness (QED) is 0.367. The molecular weight excluding hydrogens is 302 g/mol. The van der Waals surface area contributed by atoms with Gasteiger partial charge in [0, 0.05) is 9.86 Å². The van der Waals surface area contributed by atoms with Crippen LogP contribution in [0.25, 0.3) is 10.9 Å². The Morgan fingerprint density at radius 1 is 1.65 bits per heavy atom. The highest BCUT2D eigenvalue weighted by atomic mass is 79.9. The van der Waals surface area contributed by atoms with E-state index in [-0.39, 0.29) is 0 Å². The van der Waals surface area contributed by atoms with E-state index in [1.165, 1.54) is 11.8 Å². The van der Waals surface area contributed by atoms with Crippen LogP contribution in [0.4, 0.5) is 5.69 Å². The van der Waals surface area contributed by atoms with Gasteiger partial charge in [0.2, 0.25) is 0 Å². The Labute approximate surface area is 110 Å². The molecule has 0 saturated carbocycles. The number of amidine groups is 1. The third kappa shape index (κ3) is 2.43. The summed E-state index contributed by atoms with van der Waals surface area (Å²) < 4.78 is 0.958. The van der Waals surface area contributed by atoms with Crippen molar-refractivity contribution in [3.8, 4) is 6.19 Å². The molecule has 1 heterocycles. The highest BCUT2D eigenvalue weighted by Gasteiger charge is 2.06. The minimum Gasteiger partial charge on any atom is -0.276 e. The summed E-state index contributed by atoms with van der Waals surface area (Å²) in [4.78, 5) is 4.36. The van der Waals surface area contributed by atoms with Crippen LogP contribution in [0.2, 0.25) is 0 Å². The number of aromatic nitrogens is 2. The van der Waals surface area contributed by atoms with Gasteiger partial charge in [-0.3, -0.25) is 10.4 Å². The van der Waals surface area contributed by atoms with Gasteiger partial charge in [-0.25, -0.2) is 4.99 Å². The van der Waals surface area contributed by atoms with Gasteiger partial charge in [-0.1, -0.05) is 27.7 Å². The average Bonchev–Trinajstić information content (AvgIpc) is 2.82. The maximum absolute atomic E-state index is 8.58. The largest absolute Gasteiger partial charge is 0.276 e. The fourth-order valence-corrected chi connectivity index (χ4v) is 2.13. The molecule has 0 spiro atoms. The molecule has 86 valence electrons. The fourth-order valence-electron chi connectivity index (χ4n) is 1.36. The van der Waals surface area contributed by atoms with Crippen molar-refractivity contribution in [1.82, 2.24) is 15.5 Å². The monoisotopic (exact) mass is 309 g/mol. The molecule has 0 aliphatic heterocycles. The summed E-state index contributed by atoms with van der Waals surface area (Å²) in [6.45, 7) is 0. The van der Waals surface area contributed by atoms with E-state index < -0.39 is 0 Å². The molecule has 0 aliphatic carbocycles. The van der Waals surface area contributed by atoms with Crippen LogP contribution in [0.1, 0.15) is 0 Å². The number of thioether (sulfide) groups is 1. The standard InChI is InChI=1S/C10H8BrN5S/c1-17-10(13-5-12)15-8-3-2-7(11)6-4-14-16-9(6)8/h2-4H,1H3,(H,13,15)(H,14,16). The van der Waals surface area contributed by atoms with Crippen LogP contribution in [0.3, 0.4) is 0 Å². The van der Waals surface area contributed by atoms with Crippen LogP contribution in [0.15, 0.2) is 27.8 Å². The van der Waals surface area contributed by atoms with Crippen LogP contribution in [-0.2, 0) is 0 Å². The third-order valence-corrected chi connectivity index (χ3v) is 3.39. The molecule has 0 atom stereocenters. The topological polar surface area (TPSA) is 76.9 Å². The lowest BCUT2D eigenvalue weighted by atomic mass is 10.2. The molecule has 7 heteroatoms. The molecule has 2 aromatic rings. The molecule has 0 bridgehead atoms. The molecule has 0 fully saturated rings. The molecule has 0 radical (unpaired) electrons. The molecule has 5 nitrogen and oxygen atoms in total. The van der Waals surface area contributed by atoms with Crippen molar-refractivity contribution in [3.05, 3.63) is 22.8 Å². The number of nitriles is 1. The maximum atomic E-state index is 8.58. The normalized spacial score (nSPS) is 11.5. The summed E-state index contributed by atoms with van der Waals surface area (Å²) in [6, 6.07) is 3.76. The van der Waals surface area contributed by atoms with Crippen molar-refractivity contribution in [2.24, 2.45) is 4.99 Å². The predicted molar refractivity (Wildman–Crippen MR) is 73.2 cm³/mol. The molecular formula is C10H8BrN5S. The summed E-state index contributed by atoms with van der Waals surface area (Å²) in [5.74, 6) is 0. The molecule has 0 unspecified atom stereocenters. The number of nitrogens with one attached hydrogen (secondary N) is 2. The highest BCUT2D eigenvalue weighted by Crippen LogP contribution is 2.30. The van der Waals surface area contributed by atoms with Gasteiger partial charge in [0.15, 0.2) is 11.4 Å². The van der Waals surface area contributed by atoms with E-state index >= 15 is 0 Å². The van der Waals surface area contributed by atoms with Crippen molar-refractivity contribution in [3.63, 3.8) is 0 Å². The lowest BCUT2D eigenvalue weighted by Gasteiger charge is -2.01.